The molecule has 5 heteroatoms. The van der Waals surface area contributed by atoms with E-state index in [1.807, 2.05) is 18.2 Å². The van der Waals surface area contributed by atoms with Gasteiger partial charge < -0.3 is 5.32 Å². The summed E-state index contributed by atoms with van der Waals surface area (Å²) in [6.45, 7) is 1.49. The number of halogens is 1. The van der Waals surface area contributed by atoms with Crippen LogP contribution in [0.3, 0.4) is 0 Å². The number of aromatic nitrogens is 2. The zero-order chi connectivity index (χ0) is 10.1. The van der Waals surface area contributed by atoms with Gasteiger partial charge in [0.25, 0.3) is 0 Å². The smallest absolute Gasteiger partial charge is 0.221 e. The number of anilines is 1. The van der Waals surface area contributed by atoms with E-state index in [1.54, 1.807) is 0 Å². The number of aromatic amines is 1. The molecule has 0 spiro atoms. The number of carbonyl (C=O) groups excluding carboxylic acids is 1. The number of nitrogens with zero attached hydrogens (tertiary/aromatic N) is 1. The maximum absolute atomic E-state index is 10.8. The number of rotatable bonds is 1. The topological polar surface area (TPSA) is 57.8 Å². The number of nitrogens with one attached hydrogen (secondary N) is 2. The average molecular weight is 301 g/mol. The summed E-state index contributed by atoms with van der Waals surface area (Å²) in [6.07, 6.45) is 0. The summed E-state index contributed by atoms with van der Waals surface area (Å²) in [4.78, 5) is 10.8. The lowest BCUT2D eigenvalue weighted by molar-refractivity contribution is -0.114. The highest BCUT2D eigenvalue weighted by Crippen LogP contribution is 2.21. The van der Waals surface area contributed by atoms with Gasteiger partial charge in [-0.15, -0.1) is 0 Å². The lowest BCUT2D eigenvalue weighted by Crippen LogP contribution is -2.05. The zero-order valence-electron chi connectivity index (χ0n) is 7.47. The minimum absolute atomic E-state index is 0.0668. The van der Waals surface area contributed by atoms with Gasteiger partial charge in [-0.2, -0.15) is 5.10 Å². The first-order valence-corrected chi connectivity index (χ1v) is 5.16. The molecule has 2 N–H and O–H groups in total. The molecule has 0 aliphatic carbocycles. The van der Waals surface area contributed by atoms with Gasteiger partial charge in [0, 0.05) is 18.0 Å². The van der Waals surface area contributed by atoms with Gasteiger partial charge >= 0.3 is 0 Å². The SMILES string of the molecule is CC(=O)Nc1ccc2[nH]nc(I)c2c1. The van der Waals surface area contributed by atoms with Gasteiger partial charge in [0.1, 0.15) is 3.70 Å². The van der Waals surface area contributed by atoms with Crippen LogP contribution in [0.4, 0.5) is 5.69 Å². The van der Waals surface area contributed by atoms with Crippen LogP contribution in [0.25, 0.3) is 10.9 Å². The summed E-state index contributed by atoms with van der Waals surface area (Å²) >= 11 is 2.15. The van der Waals surface area contributed by atoms with Crippen LogP contribution in [0.15, 0.2) is 18.2 Å². The third kappa shape index (κ3) is 1.72. The van der Waals surface area contributed by atoms with E-state index in [0.29, 0.717) is 0 Å². The summed E-state index contributed by atoms with van der Waals surface area (Å²) in [5.74, 6) is -0.0668. The van der Waals surface area contributed by atoms with Crippen LogP contribution in [0.5, 0.6) is 0 Å². The van der Waals surface area contributed by atoms with E-state index < -0.39 is 0 Å². The first-order chi connectivity index (χ1) is 6.66. The van der Waals surface area contributed by atoms with Gasteiger partial charge in [-0.3, -0.25) is 9.89 Å². The molecule has 0 bridgehead atoms. The summed E-state index contributed by atoms with van der Waals surface area (Å²) in [7, 11) is 0. The van der Waals surface area contributed by atoms with Gasteiger partial charge in [0.2, 0.25) is 5.91 Å². The van der Waals surface area contributed by atoms with E-state index in [9.17, 15) is 4.79 Å². The monoisotopic (exact) mass is 301 g/mol. The van der Waals surface area contributed by atoms with Gasteiger partial charge in [-0.25, -0.2) is 0 Å². The number of hydrogen-bond donors (Lipinski definition) is 2. The van der Waals surface area contributed by atoms with E-state index in [0.717, 1.165) is 20.3 Å². The van der Waals surface area contributed by atoms with Crippen molar-refractivity contribution in [2.45, 2.75) is 6.92 Å². The molecule has 0 radical (unpaired) electrons. The molecule has 1 heterocycles. The largest absolute Gasteiger partial charge is 0.326 e. The lowest BCUT2D eigenvalue weighted by Gasteiger charge is -2.00. The number of hydrogen-bond acceptors (Lipinski definition) is 2. The minimum atomic E-state index is -0.0668. The van der Waals surface area contributed by atoms with Gasteiger partial charge in [0.15, 0.2) is 0 Å². The number of benzene rings is 1. The van der Waals surface area contributed by atoms with Crippen LogP contribution in [0, 0.1) is 3.70 Å². The van der Waals surface area contributed by atoms with E-state index in [2.05, 4.69) is 38.1 Å². The van der Waals surface area contributed by atoms with Crippen LogP contribution in [-0.4, -0.2) is 16.1 Å². The van der Waals surface area contributed by atoms with Gasteiger partial charge in [-0.1, -0.05) is 0 Å². The maximum Gasteiger partial charge on any atom is 0.221 e. The van der Waals surface area contributed by atoms with Crippen LogP contribution in [0.1, 0.15) is 6.92 Å². The molecule has 0 saturated carbocycles. The van der Waals surface area contributed by atoms with E-state index in [1.165, 1.54) is 6.92 Å². The molecule has 0 aliphatic heterocycles. The first-order valence-electron chi connectivity index (χ1n) is 4.08. The van der Waals surface area contributed by atoms with Crippen molar-refractivity contribution in [1.29, 1.82) is 0 Å². The fourth-order valence-electron chi connectivity index (χ4n) is 1.26. The summed E-state index contributed by atoms with van der Waals surface area (Å²) in [5, 5.41) is 10.7. The Morgan fingerprint density at radius 3 is 3.07 bits per heavy atom. The third-order valence-corrected chi connectivity index (χ3v) is 2.66. The van der Waals surface area contributed by atoms with Crippen molar-refractivity contribution in [2.24, 2.45) is 0 Å². The maximum atomic E-state index is 10.8. The Bertz CT molecular complexity index is 492. The Hall–Kier alpha value is -1.11. The molecule has 72 valence electrons. The molecule has 0 saturated heterocycles. The lowest BCUT2D eigenvalue weighted by atomic mass is 10.2. The Balaban J connectivity index is 2.49. The number of carbonyl (C=O) groups is 1. The number of fused-ring (bicyclic) bond motifs is 1. The molecular formula is C9H8IN3O. The van der Waals surface area contributed by atoms with Crippen molar-refractivity contribution in [2.75, 3.05) is 5.32 Å². The molecular weight excluding hydrogens is 293 g/mol. The molecule has 0 aliphatic rings. The molecule has 2 aromatic rings. The number of H-pyrrole nitrogens is 1. The van der Waals surface area contributed by atoms with Crippen molar-refractivity contribution >= 4 is 45.1 Å². The molecule has 0 unspecified atom stereocenters. The molecule has 4 nitrogen and oxygen atoms in total. The fourth-order valence-corrected chi connectivity index (χ4v) is 1.83. The van der Waals surface area contributed by atoms with Gasteiger partial charge in [-0.05, 0) is 40.8 Å². The van der Waals surface area contributed by atoms with E-state index in [4.69, 9.17) is 0 Å². The second kappa shape index (κ2) is 3.56. The van der Waals surface area contributed by atoms with Crippen LogP contribution >= 0.6 is 22.6 Å². The molecule has 14 heavy (non-hydrogen) atoms. The highest BCUT2D eigenvalue weighted by molar-refractivity contribution is 14.1. The predicted molar refractivity (Wildman–Crippen MR) is 63.1 cm³/mol. The van der Waals surface area contributed by atoms with Crippen LogP contribution < -0.4 is 5.32 Å². The number of amides is 1. The quantitative estimate of drug-likeness (QED) is 0.793. The Labute approximate surface area is 94.2 Å². The average Bonchev–Trinajstić information content (AvgIpc) is 2.47. The van der Waals surface area contributed by atoms with E-state index in [-0.39, 0.29) is 5.91 Å². The summed E-state index contributed by atoms with van der Waals surface area (Å²) in [6, 6.07) is 5.65. The van der Waals surface area contributed by atoms with Crippen LogP contribution in [-0.2, 0) is 4.79 Å². The molecule has 0 atom stereocenters. The standard InChI is InChI=1S/C9H8IN3O/c1-5(14)11-6-2-3-8-7(4-6)9(10)13-12-8/h2-4H,1H3,(H,11,14)(H,12,13). The molecule has 1 amide bonds. The second-order valence-electron chi connectivity index (χ2n) is 2.96. The molecule has 1 aromatic heterocycles. The van der Waals surface area contributed by atoms with Crippen molar-refractivity contribution < 1.29 is 4.79 Å². The highest BCUT2D eigenvalue weighted by atomic mass is 127. The van der Waals surface area contributed by atoms with Crippen molar-refractivity contribution in [3.05, 3.63) is 21.9 Å². The third-order valence-electron chi connectivity index (χ3n) is 1.84. The van der Waals surface area contributed by atoms with Crippen molar-refractivity contribution in [1.82, 2.24) is 10.2 Å². The molecule has 2 rings (SSSR count). The zero-order valence-corrected chi connectivity index (χ0v) is 9.62. The summed E-state index contributed by atoms with van der Waals surface area (Å²) in [5.41, 5.74) is 1.77. The van der Waals surface area contributed by atoms with E-state index >= 15 is 0 Å². The molecule has 1 aromatic carbocycles. The first kappa shape index (κ1) is 9.45. The van der Waals surface area contributed by atoms with Gasteiger partial charge in [0.05, 0.1) is 5.52 Å². The Kier molecular flexibility index (Phi) is 2.40. The fraction of sp³-hybridized carbons (Fsp3) is 0.111. The Morgan fingerprint density at radius 1 is 1.57 bits per heavy atom. The van der Waals surface area contributed by atoms with Crippen molar-refractivity contribution in [3.63, 3.8) is 0 Å². The normalized spacial score (nSPS) is 10.4. The minimum Gasteiger partial charge on any atom is -0.326 e. The Morgan fingerprint density at radius 2 is 2.36 bits per heavy atom. The molecule has 0 fully saturated rings. The second-order valence-corrected chi connectivity index (χ2v) is 3.98. The summed E-state index contributed by atoms with van der Waals surface area (Å²) < 4.78 is 0.907. The van der Waals surface area contributed by atoms with Crippen molar-refractivity contribution in [3.8, 4) is 0 Å². The highest BCUT2D eigenvalue weighted by Gasteiger charge is 2.03. The van der Waals surface area contributed by atoms with Crippen LogP contribution in [0.2, 0.25) is 0 Å². The predicted octanol–water partition coefficient (Wildman–Crippen LogP) is 2.13.